The standard InChI is InChI=1S/C14H12N2O3S/c17-9-15-11-1-5-13(6-2-11)20(19)14-7-3-12(4-8-14)16-10-18/h1-10H,(H,15,17)(H,16,18). The molecule has 0 aliphatic heterocycles. The van der Waals surface area contributed by atoms with E-state index in [1.54, 1.807) is 48.5 Å². The minimum absolute atomic E-state index is 0.588. The zero-order valence-corrected chi connectivity index (χ0v) is 11.2. The molecular weight excluding hydrogens is 276 g/mol. The Bertz CT molecular complexity index is 568. The van der Waals surface area contributed by atoms with E-state index in [0.717, 1.165) is 0 Å². The highest BCUT2D eigenvalue weighted by Crippen LogP contribution is 2.20. The van der Waals surface area contributed by atoms with E-state index in [0.29, 0.717) is 34.0 Å². The SMILES string of the molecule is O=CNc1ccc(S(=O)c2ccc(NC=O)cc2)cc1. The van der Waals surface area contributed by atoms with Crippen molar-refractivity contribution in [1.29, 1.82) is 0 Å². The van der Waals surface area contributed by atoms with Crippen LogP contribution in [0.1, 0.15) is 0 Å². The predicted octanol–water partition coefficient (Wildman–Crippen LogP) is 1.99. The lowest BCUT2D eigenvalue weighted by molar-refractivity contribution is -0.106. The molecule has 2 amide bonds. The van der Waals surface area contributed by atoms with Crippen molar-refractivity contribution < 1.29 is 13.8 Å². The van der Waals surface area contributed by atoms with Gasteiger partial charge in [0.15, 0.2) is 0 Å². The predicted molar refractivity (Wildman–Crippen MR) is 76.9 cm³/mol. The molecule has 2 aromatic rings. The molecule has 20 heavy (non-hydrogen) atoms. The van der Waals surface area contributed by atoms with E-state index >= 15 is 0 Å². The lowest BCUT2D eigenvalue weighted by Gasteiger charge is -2.05. The molecular formula is C14H12N2O3S. The largest absolute Gasteiger partial charge is 0.329 e. The van der Waals surface area contributed by atoms with Gasteiger partial charge in [0.1, 0.15) is 0 Å². The highest BCUT2D eigenvalue weighted by Gasteiger charge is 2.07. The van der Waals surface area contributed by atoms with E-state index < -0.39 is 10.8 Å². The number of benzene rings is 2. The van der Waals surface area contributed by atoms with Crippen molar-refractivity contribution in [2.45, 2.75) is 9.79 Å². The van der Waals surface area contributed by atoms with Crippen molar-refractivity contribution in [1.82, 2.24) is 0 Å². The Morgan fingerprint density at radius 1 is 0.700 bits per heavy atom. The Hall–Kier alpha value is -2.47. The van der Waals surface area contributed by atoms with Gasteiger partial charge in [-0.15, -0.1) is 0 Å². The number of amides is 2. The number of hydrogen-bond donors (Lipinski definition) is 2. The topological polar surface area (TPSA) is 75.3 Å². The highest BCUT2D eigenvalue weighted by atomic mass is 32.2. The molecule has 6 heteroatoms. The quantitative estimate of drug-likeness (QED) is 0.798. The molecule has 5 nitrogen and oxygen atoms in total. The first kappa shape index (κ1) is 14.0. The molecule has 0 unspecified atom stereocenters. The van der Waals surface area contributed by atoms with Gasteiger partial charge in [-0.05, 0) is 48.5 Å². The highest BCUT2D eigenvalue weighted by molar-refractivity contribution is 7.85. The van der Waals surface area contributed by atoms with Crippen LogP contribution in [0.4, 0.5) is 11.4 Å². The first-order valence-electron chi connectivity index (χ1n) is 5.77. The Kier molecular flexibility index (Phi) is 4.62. The van der Waals surface area contributed by atoms with E-state index in [9.17, 15) is 13.8 Å². The van der Waals surface area contributed by atoms with Gasteiger partial charge in [-0.25, -0.2) is 4.21 Å². The van der Waals surface area contributed by atoms with Gasteiger partial charge in [-0.2, -0.15) is 0 Å². The van der Waals surface area contributed by atoms with Crippen molar-refractivity contribution in [3.63, 3.8) is 0 Å². The number of anilines is 2. The summed E-state index contributed by atoms with van der Waals surface area (Å²) in [5.74, 6) is 0. The fourth-order valence-corrected chi connectivity index (χ4v) is 2.66. The smallest absolute Gasteiger partial charge is 0.211 e. The minimum atomic E-state index is -1.30. The molecule has 0 radical (unpaired) electrons. The monoisotopic (exact) mass is 288 g/mol. The van der Waals surface area contributed by atoms with Gasteiger partial charge in [-0.3, -0.25) is 9.59 Å². The maximum absolute atomic E-state index is 12.3. The van der Waals surface area contributed by atoms with Crippen molar-refractivity contribution in [3.05, 3.63) is 48.5 Å². The summed E-state index contributed by atoms with van der Waals surface area (Å²) in [5.41, 5.74) is 1.29. The number of hydrogen-bond acceptors (Lipinski definition) is 3. The maximum Gasteiger partial charge on any atom is 0.211 e. The van der Waals surface area contributed by atoms with Crippen LogP contribution in [0.2, 0.25) is 0 Å². The lowest BCUT2D eigenvalue weighted by Crippen LogP contribution is -1.97. The third-order valence-corrected chi connectivity index (χ3v) is 3.99. The molecule has 0 aromatic heterocycles. The Labute approximate surface area is 118 Å². The van der Waals surface area contributed by atoms with Crippen molar-refractivity contribution >= 4 is 35.0 Å². The van der Waals surface area contributed by atoms with Crippen LogP contribution in [-0.2, 0) is 20.4 Å². The van der Waals surface area contributed by atoms with Crippen LogP contribution in [0.3, 0.4) is 0 Å². The molecule has 0 fully saturated rings. The third kappa shape index (κ3) is 3.30. The van der Waals surface area contributed by atoms with E-state index in [2.05, 4.69) is 10.6 Å². The lowest BCUT2D eigenvalue weighted by atomic mass is 10.3. The molecule has 2 aromatic carbocycles. The van der Waals surface area contributed by atoms with Crippen LogP contribution < -0.4 is 10.6 Å². The average molecular weight is 288 g/mol. The van der Waals surface area contributed by atoms with Crippen molar-refractivity contribution in [2.24, 2.45) is 0 Å². The average Bonchev–Trinajstić information content (AvgIpc) is 2.49. The summed E-state index contributed by atoms with van der Waals surface area (Å²) in [6.45, 7) is 0. The summed E-state index contributed by atoms with van der Waals surface area (Å²) in [5, 5.41) is 5.03. The molecule has 0 aliphatic rings. The summed E-state index contributed by atoms with van der Waals surface area (Å²) in [6, 6.07) is 13.5. The first-order valence-corrected chi connectivity index (χ1v) is 6.92. The third-order valence-electron chi connectivity index (χ3n) is 2.59. The second kappa shape index (κ2) is 6.63. The molecule has 0 saturated carbocycles. The van der Waals surface area contributed by atoms with Crippen LogP contribution in [0.25, 0.3) is 0 Å². The second-order valence-corrected chi connectivity index (χ2v) is 5.32. The van der Waals surface area contributed by atoms with Crippen molar-refractivity contribution in [3.8, 4) is 0 Å². The maximum atomic E-state index is 12.3. The number of nitrogens with one attached hydrogen (secondary N) is 2. The molecule has 0 spiro atoms. The second-order valence-electron chi connectivity index (χ2n) is 3.84. The van der Waals surface area contributed by atoms with Gasteiger partial charge in [0.2, 0.25) is 12.8 Å². The first-order chi connectivity index (χ1) is 9.74. The molecule has 0 atom stereocenters. The molecule has 0 saturated heterocycles. The van der Waals surface area contributed by atoms with E-state index in [1.165, 1.54) is 0 Å². The van der Waals surface area contributed by atoms with Gasteiger partial charge < -0.3 is 10.6 Å². The summed E-state index contributed by atoms with van der Waals surface area (Å²) < 4.78 is 12.3. The summed E-state index contributed by atoms with van der Waals surface area (Å²) in [6.07, 6.45) is 1.18. The molecule has 0 aliphatic carbocycles. The number of carbonyl (C=O) groups is 2. The van der Waals surface area contributed by atoms with Crippen LogP contribution >= 0.6 is 0 Å². The Morgan fingerprint density at radius 3 is 1.35 bits per heavy atom. The molecule has 0 heterocycles. The molecule has 2 N–H and O–H groups in total. The van der Waals surface area contributed by atoms with Gasteiger partial charge in [-0.1, -0.05) is 0 Å². The number of carbonyl (C=O) groups excluding carboxylic acids is 2. The van der Waals surface area contributed by atoms with Crippen LogP contribution in [0.15, 0.2) is 58.3 Å². The normalized spacial score (nSPS) is 10.1. The van der Waals surface area contributed by atoms with E-state index in [4.69, 9.17) is 0 Å². The Morgan fingerprint density at radius 2 is 1.05 bits per heavy atom. The van der Waals surface area contributed by atoms with Gasteiger partial charge in [0, 0.05) is 21.2 Å². The van der Waals surface area contributed by atoms with Gasteiger partial charge >= 0.3 is 0 Å². The summed E-state index contributed by atoms with van der Waals surface area (Å²) >= 11 is 0. The molecule has 2 rings (SSSR count). The van der Waals surface area contributed by atoms with E-state index in [1.807, 2.05) is 0 Å². The van der Waals surface area contributed by atoms with Crippen LogP contribution in [0.5, 0.6) is 0 Å². The zero-order chi connectivity index (χ0) is 14.4. The number of rotatable bonds is 6. The minimum Gasteiger partial charge on any atom is -0.329 e. The summed E-state index contributed by atoms with van der Waals surface area (Å²) in [4.78, 5) is 21.9. The fraction of sp³-hybridized carbons (Fsp3) is 0. The fourth-order valence-electron chi connectivity index (χ4n) is 1.62. The van der Waals surface area contributed by atoms with Crippen LogP contribution in [-0.4, -0.2) is 17.0 Å². The Balaban J connectivity index is 2.17. The zero-order valence-electron chi connectivity index (χ0n) is 10.4. The van der Waals surface area contributed by atoms with Gasteiger partial charge in [0.25, 0.3) is 0 Å². The van der Waals surface area contributed by atoms with Crippen molar-refractivity contribution in [2.75, 3.05) is 10.6 Å². The molecule has 102 valence electrons. The van der Waals surface area contributed by atoms with Gasteiger partial charge in [0.05, 0.1) is 10.8 Å². The summed E-state index contributed by atoms with van der Waals surface area (Å²) in [7, 11) is -1.30. The van der Waals surface area contributed by atoms with E-state index in [-0.39, 0.29) is 0 Å². The van der Waals surface area contributed by atoms with Crippen LogP contribution in [0, 0.1) is 0 Å². The molecule has 0 bridgehead atoms.